The van der Waals surface area contributed by atoms with Gasteiger partial charge >= 0.3 is 0 Å². The topological polar surface area (TPSA) is 35.8 Å². The van der Waals surface area contributed by atoms with E-state index in [0.29, 0.717) is 5.75 Å². The van der Waals surface area contributed by atoms with Gasteiger partial charge in [0.25, 0.3) is 0 Å². The molecule has 0 heterocycles. The summed E-state index contributed by atoms with van der Waals surface area (Å²) in [7, 11) is 0. The number of nitrogens with one attached hydrogen (secondary N) is 1. The molecular formula is C13H17FN2S. The fraction of sp³-hybridized carbons (Fsp3) is 0.462. The minimum Gasteiger partial charge on any atom is -0.299 e. The summed E-state index contributed by atoms with van der Waals surface area (Å²) in [5.74, 6) is 0.413. The molecule has 0 aliphatic heterocycles. The summed E-state index contributed by atoms with van der Waals surface area (Å²) in [6.45, 7) is 4.78. The van der Waals surface area contributed by atoms with Crippen molar-refractivity contribution in [1.29, 1.82) is 5.26 Å². The van der Waals surface area contributed by atoms with Crippen molar-refractivity contribution in [2.75, 3.05) is 12.3 Å². The number of hydrogen-bond acceptors (Lipinski definition) is 3. The van der Waals surface area contributed by atoms with Crippen molar-refractivity contribution in [3.8, 4) is 6.07 Å². The molecule has 0 radical (unpaired) electrons. The molecule has 1 atom stereocenters. The van der Waals surface area contributed by atoms with Gasteiger partial charge in [-0.2, -0.15) is 5.26 Å². The number of thioether (sulfide) groups is 1. The number of nitrogens with zero attached hydrogens (tertiary/aromatic N) is 1. The van der Waals surface area contributed by atoms with Gasteiger partial charge in [-0.3, -0.25) is 5.32 Å². The Labute approximate surface area is 106 Å². The first-order chi connectivity index (χ1) is 8.09. The zero-order valence-electron chi connectivity index (χ0n) is 10.2. The van der Waals surface area contributed by atoms with Gasteiger partial charge in [0.1, 0.15) is 11.4 Å². The average Bonchev–Trinajstić information content (AvgIpc) is 2.36. The van der Waals surface area contributed by atoms with Gasteiger partial charge in [0, 0.05) is 10.6 Å². The number of benzene rings is 1. The molecule has 17 heavy (non-hydrogen) atoms. The predicted molar refractivity (Wildman–Crippen MR) is 69.4 cm³/mol. The lowest BCUT2D eigenvalue weighted by Gasteiger charge is -2.22. The summed E-state index contributed by atoms with van der Waals surface area (Å²) in [6, 6.07) is 8.63. The molecule has 0 saturated heterocycles. The third kappa shape index (κ3) is 4.76. The molecule has 1 unspecified atom stereocenters. The fourth-order valence-corrected chi connectivity index (χ4v) is 2.23. The molecule has 0 saturated carbocycles. The average molecular weight is 252 g/mol. The summed E-state index contributed by atoms with van der Waals surface area (Å²) < 4.78 is 12.7. The van der Waals surface area contributed by atoms with E-state index in [1.165, 1.54) is 12.1 Å². The maximum Gasteiger partial charge on any atom is 0.123 e. The molecule has 1 aromatic carbocycles. The van der Waals surface area contributed by atoms with Crippen molar-refractivity contribution >= 4 is 11.8 Å². The van der Waals surface area contributed by atoms with Crippen LogP contribution in [0.5, 0.6) is 0 Å². The quantitative estimate of drug-likeness (QED) is 0.790. The Morgan fingerprint density at radius 1 is 1.41 bits per heavy atom. The van der Waals surface area contributed by atoms with E-state index >= 15 is 0 Å². The summed E-state index contributed by atoms with van der Waals surface area (Å²) >= 11 is 1.56. The Balaban J connectivity index is 2.53. The van der Waals surface area contributed by atoms with Crippen LogP contribution >= 0.6 is 11.8 Å². The van der Waals surface area contributed by atoms with E-state index in [1.54, 1.807) is 23.9 Å². The number of hydrogen-bond donors (Lipinski definition) is 1. The minimum absolute atomic E-state index is 0.235. The van der Waals surface area contributed by atoms with Gasteiger partial charge in [-0.15, -0.1) is 11.8 Å². The van der Waals surface area contributed by atoms with Crippen LogP contribution in [0.15, 0.2) is 29.2 Å². The van der Waals surface area contributed by atoms with Crippen LogP contribution < -0.4 is 5.32 Å². The molecule has 0 fully saturated rings. The minimum atomic E-state index is -0.533. The van der Waals surface area contributed by atoms with Gasteiger partial charge < -0.3 is 0 Å². The summed E-state index contributed by atoms with van der Waals surface area (Å²) in [5.41, 5.74) is -0.533. The van der Waals surface area contributed by atoms with Gasteiger partial charge in [-0.25, -0.2) is 4.39 Å². The second kappa shape index (κ2) is 6.63. The number of nitriles is 1. The predicted octanol–water partition coefficient (Wildman–Crippen LogP) is 3.20. The largest absolute Gasteiger partial charge is 0.299 e. The van der Waals surface area contributed by atoms with Crippen molar-refractivity contribution < 1.29 is 4.39 Å². The normalized spacial score (nSPS) is 14.0. The van der Waals surface area contributed by atoms with E-state index in [9.17, 15) is 4.39 Å². The van der Waals surface area contributed by atoms with E-state index in [4.69, 9.17) is 5.26 Å². The molecule has 92 valence electrons. The lowest BCUT2D eigenvalue weighted by Crippen LogP contribution is -2.43. The maximum absolute atomic E-state index is 12.7. The van der Waals surface area contributed by atoms with E-state index in [1.807, 2.05) is 6.92 Å². The molecule has 2 nitrogen and oxygen atoms in total. The first-order valence-corrected chi connectivity index (χ1v) is 6.63. The van der Waals surface area contributed by atoms with Crippen LogP contribution in [0.2, 0.25) is 0 Å². The third-order valence-electron chi connectivity index (χ3n) is 2.35. The van der Waals surface area contributed by atoms with Crippen molar-refractivity contribution in [3.05, 3.63) is 30.1 Å². The monoisotopic (exact) mass is 252 g/mol. The summed E-state index contributed by atoms with van der Waals surface area (Å²) in [6.07, 6.45) is 0.998. The smallest absolute Gasteiger partial charge is 0.123 e. The van der Waals surface area contributed by atoms with E-state index in [2.05, 4.69) is 18.3 Å². The Hall–Kier alpha value is -1.05. The van der Waals surface area contributed by atoms with Crippen molar-refractivity contribution in [1.82, 2.24) is 5.32 Å². The highest BCUT2D eigenvalue weighted by Gasteiger charge is 2.22. The van der Waals surface area contributed by atoms with Crippen LogP contribution in [-0.4, -0.2) is 17.8 Å². The zero-order valence-corrected chi connectivity index (χ0v) is 11.0. The van der Waals surface area contributed by atoms with Gasteiger partial charge in [-0.1, -0.05) is 6.92 Å². The summed E-state index contributed by atoms with van der Waals surface area (Å²) in [4.78, 5) is 0.978. The highest BCUT2D eigenvalue weighted by atomic mass is 32.2. The van der Waals surface area contributed by atoms with Gasteiger partial charge in [-0.05, 0) is 44.2 Å². The lowest BCUT2D eigenvalue weighted by atomic mass is 10.1. The maximum atomic E-state index is 12.7. The molecule has 1 aromatic rings. The third-order valence-corrected chi connectivity index (χ3v) is 3.68. The molecule has 0 bridgehead atoms. The Kier molecular flexibility index (Phi) is 5.46. The first kappa shape index (κ1) is 14.0. The standard InChI is InChI=1S/C13H17FN2S/c1-3-8-16-13(2,9-15)10-17-12-6-4-11(14)5-7-12/h4-7,16H,3,8,10H2,1-2H3. The van der Waals surface area contributed by atoms with Crippen LogP contribution in [-0.2, 0) is 0 Å². The van der Waals surface area contributed by atoms with E-state index < -0.39 is 5.54 Å². The second-order valence-electron chi connectivity index (χ2n) is 4.11. The van der Waals surface area contributed by atoms with E-state index in [-0.39, 0.29) is 5.82 Å². The Morgan fingerprint density at radius 2 is 2.06 bits per heavy atom. The van der Waals surface area contributed by atoms with Gasteiger partial charge in [0.2, 0.25) is 0 Å². The molecule has 0 aliphatic carbocycles. The fourth-order valence-electron chi connectivity index (χ4n) is 1.28. The number of rotatable bonds is 6. The summed E-state index contributed by atoms with van der Waals surface area (Å²) in [5, 5.41) is 12.4. The first-order valence-electron chi connectivity index (χ1n) is 5.64. The molecule has 1 N–H and O–H groups in total. The second-order valence-corrected chi connectivity index (χ2v) is 5.16. The molecule has 4 heteroatoms. The van der Waals surface area contributed by atoms with Crippen molar-refractivity contribution in [2.45, 2.75) is 30.7 Å². The molecule has 0 spiro atoms. The highest BCUT2D eigenvalue weighted by Crippen LogP contribution is 2.22. The van der Waals surface area contributed by atoms with Gasteiger partial charge in [0.15, 0.2) is 0 Å². The van der Waals surface area contributed by atoms with Crippen LogP contribution in [0, 0.1) is 17.1 Å². The zero-order chi connectivity index (χ0) is 12.7. The van der Waals surface area contributed by atoms with Crippen LogP contribution in [0.1, 0.15) is 20.3 Å². The molecule has 0 aliphatic rings. The van der Waals surface area contributed by atoms with Crippen LogP contribution in [0.3, 0.4) is 0 Å². The SMILES string of the molecule is CCCNC(C)(C#N)CSc1ccc(F)cc1. The Morgan fingerprint density at radius 3 is 2.59 bits per heavy atom. The molecule has 1 rings (SSSR count). The molecule has 0 amide bonds. The van der Waals surface area contributed by atoms with Crippen LogP contribution in [0.4, 0.5) is 4.39 Å². The van der Waals surface area contributed by atoms with Crippen molar-refractivity contribution in [3.63, 3.8) is 0 Å². The van der Waals surface area contributed by atoms with E-state index in [0.717, 1.165) is 17.9 Å². The van der Waals surface area contributed by atoms with Gasteiger partial charge in [0.05, 0.1) is 6.07 Å². The lowest BCUT2D eigenvalue weighted by molar-refractivity contribution is 0.493. The van der Waals surface area contributed by atoms with Crippen LogP contribution in [0.25, 0.3) is 0 Å². The Bertz CT molecular complexity index is 385. The number of halogens is 1. The molecule has 0 aromatic heterocycles. The highest BCUT2D eigenvalue weighted by molar-refractivity contribution is 7.99. The van der Waals surface area contributed by atoms with Crippen molar-refractivity contribution in [2.24, 2.45) is 0 Å². The molecular weight excluding hydrogens is 235 g/mol.